The van der Waals surface area contributed by atoms with Crippen LogP contribution in [0, 0.1) is 5.82 Å². The van der Waals surface area contributed by atoms with Crippen LogP contribution in [0.2, 0.25) is 5.02 Å². The first-order valence-electron chi connectivity index (χ1n) is 5.86. The van der Waals surface area contributed by atoms with Crippen molar-refractivity contribution in [2.75, 3.05) is 6.54 Å². The standard InChI is InChI=1S/C13H15ClFNO2/c1-13(12(17)18)6-3-7-16(13)8-9-4-2-5-10(14)11(9)15/h2,4-5H,3,6-8H2,1H3,(H,17,18). The summed E-state index contributed by atoms with van der Waals surface area (Å²) in [7, 11) is 0. The average Bonchev–Trinajstić information content (AvgIpc) is 2.68. The van der Waals surface area contributed by atoms with E-state index in [1.165, 1.54) is 6.07 Å². The van der Waals surface area contributed by atoms with Gasteiger partial charge in [-0.15, -0.1) is 0 Å². The molecule has 1 aromatic rings. The number of halogens is 2. The van der Waals surface area contributed by atoms with Gasteiger partial charge in [-0.1, -0.05) is 23.7 Å². The highest BCUT2D eigenvalue weighted by atomic mass is 35.5. The summed E-state index contributed by atoms with van der Waals surface area (Å²) in [4.78, 5) is 13.1. The van der Waals surface area contributed by atoms with Gasteiger partial charge < -0.3 is 5.11 Å². The molecule has 1 heterocycles. The van der Waals surface area contributed by atoms with Gasteiger partial charge >= 0.3 is 5.97 Å². The monoisotopic (exact) mass is 271 g/mol. The van der Waals surface area contributed by atoms with Crippen molar-refractivity contribution in [3.63, 3.8) is 0 Å². The van der Waals surface area contributed by atoms with Crippen LogP contribution in [0.3, 0.4) is 0 Å². The van der Waals surface area contributed by atoms with Crippen LogP contribution in [0.25, 0.3) is 0 Å². The quantitative estimate of drug-likeness (QED) is 0.919. The summed E-state index contributed by atoms with van der Waals surface area (Å²) in [6, 6.07) is 4.80. The van der Waals surface area contributed by atoms with Gasteiger partial charge in [0.1, 0.15) is 11.4 Å². The molecule has 1 atom stereocenters. The first-order chi connectivity index (χ1) is 8.45. The van der Waals surface area contributed by atoms with Crippen LogP contribution >= 0.6 is 11.6 Å². The Morgan fingerprint density at radius 1 is 1.61 bits per heavy atom. The molecule has 0 spiro atoms. The molecule has 1 saturated heterocycles. The van der Waals surface area contributed by atoms with E-state index >= 15 is 0 Å². The van der Waals surface area contributed by atoms with Gasteiger partial charge in [0.05, 0.1) is 5.02 Å². The average molecular weight is 272 g/mol. The first kappa shape index (κ1) is 13.3. The number of carboxylic acid groups (broad SMARTS) is 1. The van der Waals surface area contributed by atoms with Crippen molar-refractivity contribution in [2.45, 2.75) is 31.8 Å². The number of aliphatic carboxylic acids is 1. The molecule has 0 bridgehead atoms. The van der Waals surface area contributed by atoms with E-state index in [9.17, 15) is 14.3 Å². The van der Waals surface area contributed by atoms with E-state index in [-0.39, 0.29) is 11.6 Å². The molecule has 98 valence electrons. The molecule has 0 amide bonds. The number of benzene rings is 1. The smallest absolute Gasteiger partial charge is 0.323 e. The molecule has 0 aliphatic carbocycles. The number of likely N-dealkylation sites (tertiary alicyclic amines) is 1. The lowest BCUT2D eigenvalue weighted by atomic mass is 9.99. The van der Waals surface area contributed by atoms with Crippen molar-refractivity contribution in [3.8, 4) is 0 Å². The van der Waals surface area contributed by atoms with Crippen molar-refractivity contribution in [1.29, 1.82) is 0 Å². The molecule has 0 aromatic heterocycles. The predicted octanol–water partition coefficient (Wildman–Crippen LogP) is 2.92. The van der Waals surface area contributed by atoms with E-state index in [2.05, 4.69) is 0 Å². The molecular formula is C13H15ClFNO2. The summed E-state index contributed by atoms with van der Waals surface area (Å²) in [5.41, 5.74) is -0.466. The number of hydrogen-bond acceptors (Lipinski definition) is 2. The van der Waals surface area contributed by atoms with Gasteiger partial charge in [0.15, 0.2) is 0 Å². The van der Waals surface area contributed by atoms with E-state index in [0.29, 0.717) is 18.5 Å². The highest BCUT2D eigenvalue weighted by Gasteiger charge is 2.43. The second-order valence-electron chi connectivity index (χ2n) is 4.82. The van der Waals surface area contributed by atoms with Gasteiger partial charge in [-0.2, -0.15) is 0 Å². The predicted molar refractivity (Wildman–Crippen MR) is 67.1 cm³/mol. The molecule has 3 nitrogen and oxygen atoms in total. The Hall–Kier alpha value is -1.13. The summed E-state index contributed by atoms with van der Waals surface area (Å²) in [5, 5.41) is 9.36. The van der Waals surface area contributed by atoms with Gasteiger partial charge in [-0.05, 0) is 32.4 Å². The lowest BCUT2D eigenvalue weighted by Gasteiger charge is -2.31. The molecule has 0 saturated carbocycles. The van der Waals surface area contributed by atoms with Gasteiger partial charge in [0.2, 0.25) is 0 Å². The molecule has 5 heteroatoms. The fraction of sp³-hybridized carbons (Fsp3) is 0.462. The molecule has 1 unspecified atom stereocenters. The Bertz CT molecular complexity index is 480. The van der Waals surface area contributed by atoms with E-state index in [1.54, 1.807) is 24.0 Å². The van der Waals surface area contributed by atoms with Crippen molar-refractivity contribution in [1.82, 2.24) is 4.90 Å². The third kappa shape index (κ3) is 2.22. The van der Waals surface area contributed by atoms with Crippen molar-refractivity contribution in [3.05, 3.63) is 34.6 Å². The normalized spacial score (nSPS) is 24.4. The minimum Gasteiger partial charge on any atom is -0.480 e. The van der Waals surface area contributed by atoms with Crippen LogP contribution in [0.5, 0.6) is 0 Å². The maximum absolute atomic E-state index is 13.8. The highest BCUT2D eigenvalue weighted by Crippen LogP contribution is 2.31. The largest absolute Gasteiger partial charge is 0.480 e. The SMILES string of the molecule is CC1(C(=O)O)CCCN1Cc1cccc(Cl)c1F. The van der Waals surface area contributed by atoms with Gasteiger partial charge in [0.25, 0.3) is 0 Å². The zero-order valence-electron chi connectivity index (χ0n) is 10.1. The molecule has 0 radical (unpaired) electrons. The maximum atomic E-state index is 13.8. The molecule has 1 aliphatic rings. The van der Waals surface area contributed by atoms with Crippen LogP contribution < -0.4 is 0 Å². The lowest BCUT2D eigenvalue weighted by molar-refractivity contribution is -0.148. The summed E-state index contributed by atoms with van der Waals surface area (Å²) < 4.78 is 13.8. The van der Waals surface area contributed by atoms with Gasteiger partial charge in [-0.25, -0.2) is 4.39 Å². The Kier molecular flexibility index (Phi) is 3.59. The van der Waals surface area contributed by atoms with Crippen molar-refractivity contribution < 1.29 is 14.3 Å². The minimum atomic E-state index is -0.908. The summed E-state index contributed by atoms with van der Waals surface area (Å²) in [5.74, 6) is -1.32. The van der Waals surface area contributed by atoms with Crippen molar-refractivity contribution in [2.24, 2.45) is 0 Å². The Balaban J connectivity index is 2.24. The first-order valence-corrected chi connectivity index (χ1v) is 6.24. The second-order valence-corrected chi connectivity index (χ2v) is 5.22. The van der Waals surface area contributed by atoms with Crippen LogP contribution in [-0.4, -0.2) is 28.1 Å². The van der Waals surface area contributed by atoms with Crippen LogP contribution in [0.4, 0.5) is 4.39 Å². The Morgan fingerprint density at radius 2 is 2.33 bits per heavy atom. The molecule has 1 aromatic carbocycles. The number of carbonyl (C=O) groups is 1. The molecule has 1 fully saturated rings. The van der Waals surface area contributed by atoms with Crippen LogP contribution in [0.15, 0.2) is 18.2 Å². The Morgan fingerprint density at radius 3 is 3.00 bits per heavy atom. The van der Waals surface area contributed by atoms with E-state index in [0.717, 1.165) is 6.42 Å². The van der Waals surface area contributed by atoms with E-state index in [1.807, 2.05) is 0 Å². The number of hydrogen-bond donors (Lipinski definition) is 1. The Labute approximate surface area is 110 Å². The number of nitrogens with zero attached hydrogens (tertiary/aromatic N) is 1. The summed E-state index contributed by atoms with van der Waals surface area (Å²) in [6.07, 6.45) is 1.40. The summed E-state index contributed by atoms with van der Waals surface area (Å²) >= 11 is 5.72. The van der Waals surface area contributed by atoms with E-state index in [4.69, 9.17) is 11.6 Å². The maximum Gasteiger partial charge on any atom is 0.323 e. The fourth-order valence-electron chi connectivity index (χ4n) is 2.39. The fourth-order valence-corrected chi connectivity index (χ4v) is 2.59. The van der Waals surface area contributed by atoms with Crippen LogP contribution in [0.1, 0.15) is 25.3 Å². The number of rotatable bonds is 3. The van der Waals surface area contributed by atoms with Crippen LogP contribution in [-0.2, 0) is 11.3 Å². The lowest BCUT2D eigenvalue weighted by Crippen LogP contribution is -2.47. The minimum absolute atomic E-state index is 0.0729. The van der Waals surface area contributed by atoms with E-state index < -0.39 is 17.3 Å². The molecular weight excluding hydrogens is 257 g/mol. The van der Waals surface area contributed by atoms with Gasteiger partial charge in [-0.3, -0.25) is 9.69 Å². The zero-order valence-corrected chi connectivity index (χ0v) is 10.9. The molecule has 18 heavy (non-hydrogen) atoms. The number of carboxylic acids is 1. The second kappa shape index (κ2) is 4.86. The highest BCUT2D eigenvalue weighted by molar-refractivity contribution is 6.30. The molecule has 1 aliphatic heterocycles. The third-order valence-corrected chi connectivity index (χ3v) is 3.93. The van der Waals surface area contributed by atoms with Gasteiger partial charge in [0, 0.05) is 12.1 Å². The molecule has 1 N–H and O–H groups in total. The topological polar surface area (TPSA) is 40.5 Å². The summed E-state index contributed by atoms with van der Waals surface area (Å²) in [6.45, 7) is 2.62. The third-order valence-electron chi connectivity index (χ3n) is 3.64. The molecule has 2 rings (SSSR count). The van der Waals surface area contributed by atoms with Crippen molar-refractivity contribution >= 4 is 17.6 Å². The zero-order chi connectivity index (χ0) is 13.3.